The van der Waals surface area contributed by atoms with Crippen LogP contribution in [0.1, 0.15) is 33.6 Å². The van der Waals surface area contributed by atoms with Crippen molar-refractivity contribution >= 4 is 0 Å². The van der Waals surface area contributed by atoms with Gasteiger partial charge < -0.3 is 10.5 Å². The summed E-state index contributed by atoms with van der Waals surface area (Å²) in [5.41, 5.74) is 6.05. The van der Waals surface area contributed by atoms with Crippen molar-refractivity contribution in [3.8, 4) is 0 Å². The predicted octanol–water partition coefficient (Wildman–Crippen LogP) is 1.47. The summed E-state index contributed by atoms with van der Waals surface area (Å²) in [6.45, 7) is 9.21. The summed E-state index contributed by atoms with van der Waals surface area (Å²) in [5, 5.41) is 0. The first-order valence-electron chi connectivity index (χ1n) is 6.08. The first kappa shape index (κ1) is 12.9. The van der Waals surface area contributed by atoms with E-state index in [1.165, 1.54) is 12.8 Å². The summed E-state index contributed by atoms with van der Waals surface area (Å²) in [6, 6.07) is 0.746. The number of likely N-dealkylation sites (N-methyl/N-ethyl adjacent to an activating group) is 1. The van der Waals surface area contributed by atoms with Crippen LogP contribution < -0.4 is 5.73 Å². The molecule has 90 valence electrons. The summed E-state index contributed by atoms with van der Waals surface area (Å²) in [7, 11) is 1.77. The minimum Gasteiger partial charge on any atom is -0.383 e. The maximum atomic E-state index is 6.02. The minimum absolute atomic E-state index is 0.0324. The van der Waals surface area contributed by atoms with Crippen LogP contribution in [0.3, 0.4) is 0 Å². The molecule has 0 aromatic carbocycles. The van der Waals surface area contributed by atoms with Crippen molar-refractivity contribution in [3.05, 3.63) is 0 Å². The molecular formula is C12H26N2O. The van der Waals surface area contributed by atoms with Crippen molar-refractivity contribution in [2.75, 3.05) is 26.8 Å². The van der Waals surface area contributed by atoms with Gasteiger partial charge in [-0.15, -0.1) is 0 Å². The van der Waals surface area contributed by atoms with Crippen molar-refractivity contribution in [1.29, 1.82) is 0 Å². The largest absolute Gasteiger partial charge is 0.383 e. The molecule has 0 amide bonds. The molecule has 15 heavy (non-hydrogen) atoms. The Labute approximate surface area is 94.0 Å². The van der Waals surface area contributed by atoms with Gasteiger partial charge in [0.05, 0.1) is 12.1 Å². The summed E-state index contributed by atoms with van der Waals surface area (Å²) < 4.78 is 5.40. The molecular weight excluding hydrogens is 188 g/mol. The van der Waals surface area contributed by atoms with Crippen LogP contribution in [0, 0.1) is 5.92 Å². The van der Waals surface area contributed by atoms with Crippen molar-refractivity contribution in [1.82, 2.24) is 4.90 Å². The monoisotopic (exact) mass is 214 g/mol. The molecule has 0 saturated heterocycles. The maximum absolute atomic E-state index is 6.02. The quantitative estimate of drug-likeness (QED) is 0.697. The Morgan fingerprint density at radius 1 is 1.47 bits per heavy atom. The normalized spacial score (nSPS) is 21.0. The standard InChI is InChI=1S/C12H26N2O/c1-5-14(11-6-7-11)12(8-13,9-15-4)10(2)3/h10-11H,5-9,13H2,1-4H3. The summed E-state index contributed by atoms with van der Waals surface area (Å²) in [6.07, 6.45) is 2.65. The SMILES string of the molecule is CCN(C1CC1)C(CN)(COC)C(C)C. The zero-order chi connectivity index (χ0) is 11.5. The van der Waals surface area contributed by atoms with Crippen LogP contribution in [0.15, 0.2) is 0 Å². The highest BCUT2D eigenvalue weighted by Crippen LogP contribution is 2.36. The van der Waals surface area contributed by atoms with Gasteiger partial charge in [-0.2, -0.15) is 0 Å². The molecule has 1 unspecified atom stereocenters. The maximum Gasteiger partial charge on any atom is 0.0661 e. The molecule has 1 saturated carbocycles. The Morgan fingerprint density at radius 2 is 2.07 bits per heavy atom. The Bertz CT molecular complexity index is 192. The Balaban J connectivity index is 2.83. The summed E-state index contributed by atoms with van der Waals surface area (Å²) in [4.78, 5) is 2.56. The second kappa shape index (κ2) is 5.28. The van der Waals surface area contributed by atoms with E-state index in [2.05, 4.69) is 25.7 Å². The van der Waals surface area contributed by atoms with Crippen molar-refractivity contribution in [3.63, 3.8) is 0 Å². The molecule has 0 spiro atoms. The van der Waals surface area contributed by atoms with Crippen LogP contribution in [0.4, 0.5) is 0 Å². The molecule has 2 N–H and O–H groups in total. The molecule has 0 radical (unpaired) electrons. The number of hydrogen-bond acceptors (Lipinski definition) is 3. The molecule has 1 fully saturated rings. The molecule has 1 atom stereocenters. The van der Waals surface area contributed by atoms with E-state index in [9.17, 15) is 0 Å². The van der Waals surface area contributed by atoms with Gasteiger partial charge in [-0.05, 0) is 25.3 Å². The lowest BCUT2D eigenvalue weighted by Gasteiger charge is -2.46. The highest BCUT2D eigenvalue weighted by atomic mass is 16.5. The molecule has 0 heterocycles. The molecule has 0 aromatic rings. The van der Waals surface area contributed by atoms with E-state index in [1.54, 1.807) is 7.11 Å². The number of methoxy groups -OCH3 is 1. The van der Waals surface area contributed by atoms with Crippen LogP contribution in [-0.4, -0.2) is 43.3 Å². The van der Waals surface area contributed by atoms with E-state index >= 15 is 0 Å². The van der Waals surface area contributed by atoms with E-state index in [1.807, 2.05) is 0 Å². The number of nitrogens with two attached hydrogens (primary N) is 1. The van der Waals surface area contributed by atoms with Crippen LogP contribution in [0.2, 0.25) is 0 Å². The fourth-order valence-corrected chi connectivity index (χ4v) is 2.57. The van der Waals surface area contributed by atoms with Gasteiger partial charge in [-0.25, -0.2) is 0 Å². The second-order valence-corrected chi connectivity index (χ2v) is 4.91. The summed E-state index contributed by atoms with van der Waals surface area (Å²) >= 11 is 0. The fourth-order valence-electron chi connectivity index (χ4n) is 2.57. The zero-order valence-electron chi connectivity index (χ0n) is 10.6. The Kier molecular flexibility index (Phi) is 4.56. The van der Waals surface area contributed by atoms with E-state index in [-0.39, 0.29) is 5.54 Å². The lowest BCUT2D eigenvalue weighted by molar-refractivity contribution is -0.0186. The van der Waals surface area contributed by atoms with E-state index in [0.717, 1.165) is 19.2 Å². The van der Waals surface area contributed by atoms with Crippen LogP contribution in [-0.2, 0) is 4.74 Å². The number of ether oxygens (including phenoxy) is 1. The van der Waals surface area contributed by atoms with Crippen molar-refractivity contribution in [2.24, 2.45) is 11.7 Å². The first-order chi connectivity index (χ1) is 7.12. The second-order valence-electron chi connectivity index (χ2n) is 4.91. The van der Waals surface area contributed by atoms with Gasteiger partial charge in [-0.1, -0.05) is 20.8 Å². The third kappa shape index (κ3) is 2.52. The lowest BCUT2D eigenvalue weighted by atomic mass is 9.85. The van der Waals surface area contributed by atoms with Crippen LogP contribution in [0.5, 0.6) is 0 Å². The van der Waals surface area contributed by atoms with Gasteiger partial charge in [0.15, 0.2) is 0 Å². The smallest absolute Gasteiger partial charge is 0.0661 e. The number of nitrogens with zero attached hydrogens (tertiary/aromatic N) is 1. The third-order valence-corrected chi connectivity index (χ3v) is 3.72. The number of rotatable bonds is 7. The average molecular weight is 214 g/mol. The molecule has 1 aliphatic rings. The average Bonchev–Trinajstić information content (AvgIpc) is 3.01. The van der Waals surface area contributed by atoms with Gasteiger partial charge in [0, 0.05) is 19.7 Å². The molecule has 1 rings (SSSR count). The third-order valence-electron chi connectivity index (χ3n) is 3.72. The fraction of sp³-hybridized carbons (Fsp3) is 1.00. The number of hydrogen-bond donors (Lipinski definition) is 1. The predicted molar refractivity (Wildman–Crippen MR) is 63.9 cm³/mol. The highest BCUT2D eigenvalue weighted by Gasteiger charge is 2.44. The van der Waals surface area contributed by atoms with Gasteiger partial charge in [-0.3, -0.25) is 4.90 Å². The van der Waals surface area contributed by atoms with E-state index in [0.29, 0.717) is 12.5 Å². The topological polar surface area (TPSA) is 38.5 Å². The molecule has 0 aliphatic heterocycles. The Morgan fingerprint density at radius 3 is 2.33 bits per heavy atom. The molecule has 0 bridgehead atoms. The zero-order valence-corrected chi connectivity index (χ0v) is 10.6. The van der Waals surface area contributed by atoms with Crippen LogP contribution >= 0.6 is 0 Å². The lowest BCUT2D eigenvalue weighted by Crippen LogP contribution is -2.61. The molecule has 1 aliphatic carbocycles. The highest BCUT2D eigenvalue weighted by molar-refractivity contribution is 5.00. The van der Waals surface area contributed by atoms with Crippen LogP contribution in [0.25, 0.3) is 0 Å². The van der Waals surface area contributed by atoms with Gasteiger partial charge >= 0.3 is 0 Å². The van der Waals surface area contributed by atoms with Gasteiger partial charge in [0.25, 0.3) is 0 Å². The summed E-state index contributed by atoms with van der Waals surface area (Å²) in [5.74, 6) is 0.531. The van der Waals surface area contributed by atoms with E-state index < -0.39 is 0 Å². The molecule has 3 nitrogen and oxygen atoms in total. The molecule has 0 aromatic heterocycles. The molecule has 3 heteroatoms. The minimum atomic E-state index is 0.0324. The van der Waals surface area contributed by atoms with E-state index in [4.69, 9.17) is 10.5 Å². The van der Waals surface area contributed by atoms with Gasteiger partial charge in [0.1, 0.15) is 0 Å². The Hall–Kier alpha value is -0.120. The first-order valence-corrected chi connectivity index (χ1v) is 6.08. The van der Waals surface area contributed by atoms with Crippen molar-refractivity contribution < 1.29 is 4.74 Å². The van der Waals surface area contributed by atoms with Crippen molar-refractivity contribution in [2.45, 2.75) is 45.2 Å². The van der Waals surface area contributed by atoms with Gasteiger partial charge in [0.2, 0.25) is 0 Å².